The highest BCUT2D eigenvalue weighted by molar-refractivity contribution is 7.99. The Hall–Kier alpha value is -1.37. The van der Waals surface area contributed by atoms with Gasteiger partial charge in [0.2, 0.25) is 5.91 Å². The zero-order valence-electron chi connectivity index (χ0n) is 10.7. The number of ketones is 1. The summed E-state index contributed by atoms with van der Waals surface area (Å²) in [4.78, 5) is 44.0. The highest BCUT2D eigenvalue weighted by Gasteiger charge is 2.26. The number of Topliss-reactive ketones (excluding diaryl/α,β-unsaturated/α-hetero) is 1. The van der Waals surface area contributed by atoms with E-state index in [0.29, 0.717) is 12.2 Å². The summed E-state index contributed by atoms with van der Waals surface area (Å²) in [6.07, 6.45) is 2.44. The third-order valence-electron chi connectivity index (χ3n) is 2.86. The number of hydrogen-bond donors (Lipinski definition) is 1. The number of carbonyl (C=O) groups excluding carboxylic acids is 4. The van der Waals surface area contributed by atoms with Gasteiger partial charge in [-0.3, -0.25) is 14.4 Å². The molecule has 1 aliphatic rings. The first-order valence-corrected chi connectivity index (χ1v) is 7.21. The quantitative estimate of drug-likeness (QED) is 0.411. The molecule has 0 aliphatic heterocycles. The number of ether oxygens (including phenoxy) is 1. The second-order valence-corrected chi connectivity index (χ2v) is 5.45. The van der Waals surface area contributed by atoms with Crippen molar-refractivity contribution in [3.8, 4) is 0 Å². The third-order valence-corrected chi connectivity index (χ3v) is 4.07. The average Bonchev–Trinajstić information content (AvgIpc) is 2.74. The molecule has 2 unspecified atom stereocenters. The van der Waals surface area contributed by atoms with Crippen molar-refractivity contribution in [2.75, 3.05) is 11.5 Å². The van der Waals surface area contributed by atoms with Gasteiger partial charge in [0.1, 0.15) is 11.8 Å². The second-order valence-electron chi connectivity index (χ2n) is 4.38. The lowest BCUT2D eigenvalue weighted by atomic mass is 10.1. The monoisotopic (exact) mass is 287 g/mol. The molecule has 0 radical (unpaired) electrons. The Kier molecular flexibility index (Phi) is 6.55. The summed E-state index contributed by atoms with van der Waals surface area (Å²) in [5.74, 6) is 0.0734. The number of rotatable bonds is 7. The number of esters is 1. The second kappa shape index (κ2) is 7.93. The molecule has 0 aromatic heterocycles. The Bertz CT molecular complexity index is 371. The fourth-order valence-electron chi connectivity index (χ4n) is 1.94. The molecule has 0 aromatic carbocycles. The molecule has 1 rings (SSSR count). The van der Waals surface area contributed by atoms with E-state index in [1.807, 2.05) is 0 Å². The van der Waals surface area contributed by atoms with Crippen LogP contribution in [-0.2, 0) is 23.9 Å². The molecule has 0 aromatic rings. The zero-order valence-corrected chi connectivity index (χ0v) is 11.5. The molecule has 1 fully saturated rings. The van der Waals surface area contributed by atoms with Crippen LogP contribution in [0.25, 0.3) is 0 Å². The Morgan fingerprint density at radius 2 is 2.32 bits per heavy atom. The minimum Gasteiger partial charge on any atom is -0.394 e. The van der Waals surface area contributed by atoms with Crippen LogP contribution in [0.4, 0.5) is 0 Å². The van der Waals surface area contributed by atoms with Gasteiger partial charge in [-0.2, -0.15) is 11.8 Å². The van der Waals surface area contributed by atoms with Gasteiger partial charge < -0.3 is 10.1 Å². The molecule has 1 amide bonds. The van der Waals surface area contributed by atoms with E-state index in [1.54, 1.807) is 0 Å². The molecule has 0 heterocycles. The fraction of sp³-hybridized carbons (Fsp3) is 0.667. The minimum atomic E-state index is -0.857. The summed E-state index contributed by atoms with van der Waals surface area (Å²) < 4.78 is 4.23. The van der Waals surface area contributed by atoms with Crippen LogP contribution < -0.4 is 5.32 Å². The van der Waals surface area contributed by atoms with Crippen molar-refractivity contribution >= 4 is 35.9 Å². The molecular formula is C12H17NO5S. The Morgan fingerprint density at radius 1 is 1.58 bits per heavy atom. The molecule has 6 nitrogen and oxygen atoms in total. The summed E-state index contributed by atoms with van der Waals surface area (Å²) in [5.41, 5.74) is 0. The number of hydrogen-bond acceptors (Lipinski definition) is 6. The van der Waals surface area contributed by atoms with Crippen molar-refractivity contribution in [1.82, 2.24) is 5.32 Å². The third kappa shape index (κ3) is 5.42. The van der Waals surface area contributed by atoms with Crippen LogP contribution >= 0.6 is 11.8 Å². The van der Waals surface area contributed by atoms with Crippen molar-refractivity contribution in [3.63, 3.8) is 0 Å². The van der Waals surface area contributed by atoms with Crippen molar-refractivity contribution in [3.05, 3.63) is 0 Å². The molecule has 0 spiro atoms. The van der Waals surface area contributed by atoms with Gasteiger partial charge in [0.15, 0.2) is 0 Å². The first-order valence-electron chi connectivity index (χ1n) is 6.06. The van der Waals surface area contributed by atoms with Gasteiger partial charge in [-0.1, -0.05) is 0 Å². The lowest BCUT2D eigenvalue weighted by molar-refractivity contribution is -0.153. The standard InChI is InChI=1S/C12H17NO5S/c1-8(15)13-10(12(17)18-7-14)6-19-5-9-3-2-4-11(9)16/h7,9-10H,2-6H2,1H3,(H,13,15). The molecule has 2 atom stereocenters. The maximum Gasteiger partial charge on any atom is 0.336 e. The van der Waals surface area contributed by atoms with Gasteiger partial charge >= 0.3 is 12.4 Å². The lowest BCUT2D eigenvalue weighted by Crippen LogP contribution is -2.42. The van der Waals surface area contributed by atoms with Crippen LogP contribution in [-0.4, -0.2) is 41.7 Å². The molecular weight excluding hydrogens is 270 g/mol. The Balaban J connectivity index is 2.39. The summed E-state index contributed by atoms with van der Waals surface area (Å²) in [6.45, 7) is 1.33. The van der Waals surface area contributed by atoms with Gasteiger partial charge in [0.25, 0.3) is 0 Å². The molecule has 1 aliphatic carbocycles. The molecule has 106 valence electrons. The van der Waals surface area contributed by atoms with Crippen LogP contribution in [0.3, 0.4) is 0 Å². The first kappa shape index (κ1) is 15.7. The Morgan fingerprint density at radius 3 is 2.84 bits per heavy atom. The van der Waals surface area contributed by atoms with E-state index in [-0.39, 0.29) is 29.8 Å². The van der Waals surface area contributed by atoms with Gasteiger partial charge in [-0.05, 0) is 12.8 Å². The van der Waals surface area contributed by atoms with E-state index in [4.69, 9.17) is 0 Å². The predicted molar refractivity (Wildman–Crippen MR) is 69.4 cm³/mol. The summed E-state index contributed by atoms with van der Waals surface area (Å²) in [6, 6.07) is -0.857. The molecule has 0 saturated heterocycles. The maximum absolute atomic E-state index is 11.4. The van der Waals surface area contributed by atoms with E-state index < -0.39 is 12.0 Å². The number of carbonyl (C=O) groups is 4. The molecule has 1 N–H and O–H groups in total. The maximum atomic E-state index is 11.4. The Labute approximate surface area is 115 Å². The molecule has 0 bridgehead atoms. The van der Waals surface area contributed by atoms with Crippen LogP contribution in [0.15, 0.2) is 0 Å². The lowest BCUT2D eigenvalue weighted by Gasteiger charge is -2.15. The normalized spacial score (nSPS) is 19.8. The van der Waals surface area contributed by atoms with Crippen LogP contribution in [0, 0.1) is 5.92 Å². The SMILES string of the molecule is CC(=O)NC(CSCC1CCCC1=O)C(=O)OC=O. The topological polar surface area (TPSA) is 89.5 Å². The van der Waals surface area contributed by atoms with Crippen molar-refractivity contribution in [2.45, 2.75) is 32.2 Å². The van der Waals surface area contributed by atoms with E-state index in [2.05, 4.69) is 10.1 Å². The summed E-state index contributed by atoms with van der Waals surface area (Å²) in [7, 11) is 0. The summed E-state index contributed by atoms with van der Waals surface area (Å²) >= 11 is 1.41. The van der Waals surface area contributed by atoms with E-state index >= 15 is 0 Å². The smallest absolute Gasteiger partial charge is 0.336 e. The van der Waals surface area contributed by atoms with E-state index in [9.17, 15) is 19.2 Å². The van der Waals surface area contributed by atoms with E-state index in [0.717, 1.165) is 12.8 Å². The van der Waals surface area contributed by atoms with Crippen molar-refractivity contribution < 1.29 is 23.9 Å². The summed E-state index contributed by atoms with van der Waals surface area (Å²) in [5, 5.41) is 2.42. The number of nitrogens with one attached hydrogen (secondary N) is 1. The fourth-order valence-corrected chi connectivity index (χ4v) is 3.16. The number of amides is 1. The molecule has 19 heavy (non-hydrogen) atoms. The highest BCUT2D eigenvalue weighted by atomic mass is 32.2. The van der Waals surface area contributed by atoms with Crippen molar-refractivity contribution in [1.29, 1.82) is 0 Å². The number of thioether (sulfide) groups is 1. The van der Waals surface area contributed by atoms with Crippen LogP contribution in [0.1, 0.15) is 26.2 Å². The van der Waals surface area contributed by atoms with Gasteiger partial charge in [-0.25, -0.2) is 4.79 Å². The first-order chi connectivity index (χ1) is 9.04. The minimum absolute atomic E-state index is 0.0440. The predicted octanol–water partition coefficient (Wildman–Crippen LogP) is 0.293. The molecule has 1 saturated carbocycles. The van der Waals surface area contributed by atoms with Crippen LogP contribution in [0.5, 0.6) is 0 Å². The van der Waals surface area contributed by atoms with Crippen LogP contribution in [0.2, 0.25) is 0 Å². The largest absolute Gasteiger partial charge is 0.394 e. The highest BCUT2D eigenvalue weighted by Crippen LogP contribution is 2.25. The average molecular weight is 287 g/mol. The van der Waals surface area contributed by atoms with Crippen molar-refractivity contribution in [2.24, 2.45) is 5.92 Å². The zero-order chi connectivity index (χ0) is 14.3. The molecule has 7 heteroatoms. The van der Waals surface area contributed by atoms with Gasteiger partial charge in [0.05, 0.1) is 0 Å². The van der Waals surface area contributed by atoms with E-state index in [1.165, 1.54) is 18.7 Å². The van der Waals surface area contributed by atoms with Gasteiger partial charge in [0, 0.05) is 30.8 Å². The van der Waals surface area contributed by atoms with Gasteiger partial charge in [-0.15, -0.1) is 0 Å².